The van der Waals surface area contributed by atoms with Crippen LogP contribution in [0, 0.1) is 0 Å². The van der Waals surface area contributed by atoms with Gasteiger partial charge in [-0.25, -0.2) is 0 Å². The summed E-state index contributed by atoms with van der Waals surface area (Å²) in [5.41, 5.74) is 0. The van der Waals surface area contributed by atoms with Crippen molar-refractivity contribution in [3.8, 4) is 0 Å². The van der Waals surface area contributed by atoms with E-state index in [2.05, 4.69) is 31.3 Å². The van der Waals surface area contributed by atoms with Crippen molar-refractivity contribution in [2.24, 2.45) is 0 Å². The number of phosphoric acid groups is 1. The monoisotopic (exact) mass is 953 g/mol. The maximum atomic E-state index is 12.9. The Balaban J connectivity index is 4.15. The highest BCUT2D eigenvalue weighted by Crippen LogP contribution is 2.38. The summed E-state index contributed by atoms with van der Waals surface area (Å²) < 4.78 is 23.3. The van der Waals surface area contributed by atoms with Crippen molar-refractivity contribution in [2.75, 3.05) is 40.9 Å². The number of hydrogen-bond donors (Lipinski definition) is 2. The van der Waals surface area contributed by atoms with Crippen LogP contribution in [-0.4, -0.2) is 68.5 Å². The lowest BCUT2D eigenvalue weighted by Gasteiger charge is -2.29. The number of nitrogens with one attached hydrogen (secondary N) is 1. The number of likely N-dealkylation sites (N-methyl/N-ethyl adjacent to an activating group) is 1. The lowest BCUT2D eigenvalue weighted by Crippen LogP contribution is -2.45. The van der Waals surface area contributed by atoms with Crippen LogP contribution in [0.25, 0.3) is 0 Å². The summed E-state index contributed by atoms with van der Waals surface area (Å²) >= 11 is 0. The Labute approximate surface area is 411 Å². The number of allylic oxidation sites excluding steroid dienone is 3. The Kier molecular flexibility index (Phi) is 48.2. The SMILES string of the molecule is CCCCCCCCC/C=C\CCCCCCCC(=O)NC(COP(=O)([O-])OCC[N+](C)(C)C)C(O)/C=C/CCCCCCCCCCCCCCCCCCCCCCCCCCCC. The largest absolute Gasteiger partial charge is 0.756 e. The van der Waals surface area contributed by atoms with Crippen molar-refractivity contribution in [3.63, 3.8) is 0 Å². The van der Waals surface area contributed by atoms with Gasteiger partial charge in [-0.05, 0) is 44.9 Å². The van der Waals surface area contributed by atoms with Crippen LogP contribution in [0.15, 0.2) is 24.3 Å². The fourth-order valence-corrected chi connectivity index (χ4v) is 9.34. The highest BCUT2D eigenvalue weighted by Gasteiger charge is 2.23. The quantitative estimate of drug-likeness (QED) is 0.0272. The molecule has 0 spiro atoms. The van der Waals surface area contributed by atoms with Crippen molar-refractivity contribution in [1.29, 1.82) is 0 Å². The summed E-state index contributed by atoms with van der Waals surface area (Å²) in [4.78, 5) is 25.4. The summed E-state index contributed by atoms with van der Waals surface area (Å²) in [7, 11) is 1.27. The molecule has 2 N–H and O–H groups in total. The molecule has 0 bridgehead atoms. The molecule has 9 heteroatoms. The topological polar surface area (TPSA) is 108 Å². The first-order valence-corrected chi connectivity index (χ1v) is 30.2. The zero-order chi connectivity index (χ0) is 48.5. The van der Waals surface area contributed by atoms with Crippen LogP contribution in [0.5, 0.6) is 0 Å². The number of nitrogens with zero attached hydrogens (tertiary/aromatic N) is 1. The molecule has 66 heavy (non-hydrogen) atoms. The van der Waals surface area contributed by atoms with E-state index in [1.165, 1.54) is 212 Å². The van der Waals surface area contributed by atoms with Gasteiger partial charge in [0.25, 0.3) is 7.82 Å². The van der Waals surface area contributed by atoms with Gasteiger partial charge in [0.15, 0.2) is 0 Å². The Morgan fingerprint density at radius 1 is 0.515 bits per heavy atom. The van der Waals surface area contributed by atoms with Crippen molar-refractivity contribution in [2.45, 2.75) is 296 Å². The van der Waals surface area contributed by atoms with Gasteiger partial charge in [-0.3, -0.25) is 9.36 Å². The minimum absolute atomic E-state index is 0.00106. The molecular weight excluding hydrogens is 840 g/mol. The van der Waals surface area contributed by atoms with E-state index in [1.54, 1.807) is 6.08 Å². The average Bonchev–Trinajstić information content (AvgIpc) is 3.28. The zero-order valence-corrected chi connectivity index (χ0v) is 45.6. The van der Waals surface area contributed by atoms with Crippen molar-refractivity contribution >= 4 is 13.7 Å². The molecule has 8 nitrogen and oxygen atoms in total. The lowest BCUT2D eigenvalue weighted by atomic mass is 10.0. The van der Waals surface area contributed by atoms with Gasteiger partial charge in [0, 0.05) is 6.42 Å². The van der Waals surface area contributed by atoms with Gasteiger partial charge in [-0.1, -0.05) is 256 Å². The number of hydrogen-bond acceptors (Lipinski definition) is 6. The molecule has 0 aromatic heterocycles. The van der Waals surface area contributed by atoms with E-state index < -0.39 is 20.0 Å². The highest BCUT2D eigenvalue weighted by molar-refractivity contribution is 7.45. The number of rotatable bonds is 53. The minimum Gasteiger partial charge on any atom is -0.756 e. The molecule has 0 rings (SSSR count). The summed E-state index contributed by atoms with van der Waals surface area (Å²) in [5, 5.41) is 13.9. The number of phosphoric ester groups is 1. The van der Waals surface area contributed by atoms with E-state index in [1.807, 2.05) is 27.2 Å². The number of amides is 1. The molecule has 0 aliphatic heterocycles. The van der Waals surface area contributed by atoms with Crippen molar-refractivity contribution < 1.29 is 32.9 Å². The molecule has 3 atom stereocenters. The third-order valence-corrected chi connectivity index (χ3v) is 14.1. The molecule has 0 aromatic rings. The molecule has 0 saturated carbocycles. The Morgan fingerprint density at radius 3 is 1.18 bits per heavy atom. The van der Waals surface area contributed by atoms with E-state index in [0.29, 0.717) is 17.4 Å². The number of carbonyl (C=O) groups is 1. The van der Waals surface area contributed by atoms with Crippen molar-refractivity contribution in [3.05, 3.63) is 24.3 Å². The summed E-state index contributed by atoms with van der Waals surface area (Å²) in [5.74, 6) is -0.202. The molecule has 1 amide bonds. The second-order valence-electron chi connectivity index (χ2n) is 21.0. The zero-order valence-electron chi connectivity index (χ0n) is 44.7. The molecule has 0 aliphatic carbocycles. The fourth-order valence-electron chi connectivity index (χ4n) is 8.62. The van der Waals surface area contributed by atoms with Gasteiger partial charge < -0.3 is 28.8 Å². The standard InChI is InChI=1S/C57H113N2O6P/c1-6-8-10-12-14-16-18-20-22-24-25-26-27-28-29-30-31-32-33-34-35-36-38-40-42-44-46-48-50-56(60)55(54-65-66(62,63)64-53-52-59(3,4)5)58-57(61)51-49-47-45-43-41-39-37-23-21-19-17-15-13-11-9-7-2/h23,37,48,50,55-56,60H,6-22,24-36,38-47,49,51-54H2,1-5H3,(H-,58,61,62,63)/b37-23-,50-48+. The molecule has 392 valence electrons. The van der Waals surface area contributed by atoms with Crippen LogP contribution in [-0.2, 0) is 18.4 Å². The molecule has 0 radical (unpaired) electrons. The molecule has 0 heterocycles. The molecule has 0 fully saturated rings. The predicted molar refractivity (Wildman–Crippen MR) is 284 cm³/mol. The number of quaternary nitrogens is 1. The van der Waals surface area contributed by atoms with Crippen LogP contribution in [0.3, 0.4) is 0 Å². The number of aliphatic hydroxyl groups excluding tert-OH is 1. The van der Waals surface area contributed by atoms with Gasteiger partial charge in [0.05, 0.1) is 39.9 Å². The lowest BCUT2D eigenvalue weighted by molar-refractivity contribution is -0.870. The minimum atomic E-state index is -4.60. The summed E-state index contributed by atoms with van der Waals surface area (Å²) in [6.07, 6.45) is 61.1. The first-order valence-electron chi connectivity index (χ1n) is 28.7. The van der Waals surface area contributed by atoms with Crippen LogP contribution in [0.1, 0.15) is 284 Å². The molecule has 0 aromatic carbocycles. The van der Waals surface area contributed by atoms with E-state index in [9.17, 15) is 19.4 Å². The predicted octanol–water partition coefficient (Wildman–Crippen LogP) is 16.6. The average molecular weight is 954 g/mol. The third-order valence-electron chi connectivity index (χ3n) is 13.2. The third kappa shape index (κ3) is 50.8. The Morgan fingerprint density at radius 2 is 0.833 bits per heavy atom. The molecule has 0 aliphatic rings. The van der Waals surface area contributed by atoms with Gasteiger partial charge in [-0.2, -0.15) is 0 Å². The summed E-state index contributed by atoms with van der Waals surface area (Å²) in [6, 6.07) is -0.889. The smallest absolute Gasteiger partial charge is 0.268 e. The first kappa shape index (κ1) is 65.0. The highest BCUT2D eigenvalue weighted by atomic mass is 31.2. The number of unbranched alkanes of at least 4 members (excludes halogenated alkanes) is 38. The molecule has 3 unspecified atom stereocenters. The fraction of sp³-hybridized carbons (Fsp3) is 0.912. The van der Waals surface area contributed by atoms with Crippen molar-refractivity contribution in [1.82, 2.24) is 5.32 Å². The maximum absolute atomic E-state index is 12.9. The molecule has 0 saturated heterocycles. The van der Waals surface area contributed by atoms with E-state index in [0.717, 1.165) is 51.4 Å². The van der Waals surface area contributed by atoms with E-state index in [-0.39, 0.29) is 19.1 Å². The van der Waals surface area contributed by atoms with Crippen LogP contribution in [0.4, 0.5) is 0 Å². The van der Waals surface area contributed by atoms with Gasteiger partial charge in [-0.15, -0.1) is 0 Å². The first-order chi connectivity index (χ1) is 32.0. The normalized spacial score (nSPS) is 14.1. The van der Waals surface area contributed by atoms with Gasteiger partial charge in [0.2, 0.25) is 5.91 Å². The Bertz CT molecular complexity index is 1130. The van der Waals surface area contributed by atoms with Crippen LogP contribution >= 0.6 is 7.82 Å². The second kappa shape index (κ2) is 49.0. The van der Waals surface area contributed by atoms with Crippen LogP contribution < -0.4 is 10.2 Å². The second-order valence-corrected chi connectivity index (χ2v) is 22.4. The van der Waals surface area contributed by atoms with Gasteiger partial charge >= 0.3 is 0 Å². The number of aliphatic hydroxyl groups is 1. The van der Waals surface area contributed by atoms with Crippen LogP contribution in [0.2, 0.25) is 0 Å². The molecular formula is C57H113N2O6P. The van der Waals surface area contributed by atoms with Gasteiger partial charge in [0.1, 0.15) is 13.2 Å². The number of carbonyl (C=O) groups excluding carboxylic acids is 1. The Hall–Kier alpha value is -1.02. The maximum Gasteiger partial charge on any atom is 0.268 e. The van der Waals surface area contributed by atoms with E-state index >= 15 is 0 Å². The van der Waals surface area contributed by atoms with E-state index in [4.69, 9.17) is 9.05 Å². The summed E-state index contributed by atoms with van der Waals surface area (Å²) in [6.45, 7) is 4.67.